The fourth-order valence-electron chi connectivity index (χ4n) is 3.66. The summed E-state index contributed by atoms with van der Waals surface area (Å²) in [5, 5.41) is 1.81. The molecule has 3 rings (SSSR count). The number of amides is 3. The zero-order valence-electron chi connectivity index (χ0n) is 19.1. The lowest BCUT2D eigenvalue weighted by atomic mass is 10.0. The van der Waals surface area contributed by atoms with E-state index in [-0.39, 0.29) is 43.6 Å². The maximum Gasteiger partial charge on any atom is 0.329 e. The smallest absolute Gasteiger partial charge is 0.329 e. The molecule has 1 aliphatic rings. The number of anilines is 1. The van der Waals surface area contributed by atoms with Crippen LogP contribution in [0.15, 0.2) is 24.3 Å². The van der Waals surface area contributed by atoms with E-state index in [2.05, 4.69) is 5.32 Å². The molecule has 0 spiro atoms. The lowest BCUT2D eigenvalue weighted by Crippen LogP contribution is -2.47. The number of nitrogens with one attached hydrogen (secondary N) is 1. The Kier molecular flexibility index (Phi) is 8.70. The molecule has 0 fully saturated rings. The zero-order chi connectivity index (χ0) is 26.0. The van der Waals surface area contributed by atoms with Crippen molar-refractivity contribution in [2.24, 2.45) is 5.92 Å². The van der Waals surface area contributed by atoms with E-state index in [0.717, 1.165) is 16.9 Å². The van der Waals surface area contributed by atoms with Crippen LogP contribution in [0.2, 0.25) is 20.1 Å². The summed E-state index contributed by atoms with van der Waals surface area (Å²) in [5.74, 6) is -3.30. The molecule has 0 saturated heterocycles. The molecule has 2 aromatic carbocycles. The minimum absolute atomic E-state index is 0.0844. The van der Waals surface area contributed by atoms with Crippen molar-refractivity contribution in [3.8, 4) is 0 Å². The molecule has 35 heavy (non-hydrogen) atoms. The molecule has 1 atom stereocenters. The minimum Gasteiger partial charge on any atom is -0.454 e. The lowest BCUT2D eigenvalue weighted by Gasteiger charge is -2.26. The molecule has 11 heteroatoms. The number of aryl methyl sites for hydroxylation is 1. The third-order valence-corrected chi connectivity index (χ3v) is 7.20. The van der Waals surface area contributed by atoms with Crippen LogP contribution in [0.25, 0.3) is 0 Å². The molecule has 0 unspecified atom stereocenters. The van der Waals surface area contributed by atoms with Crippen LogP contribution in [-0.2, 0) is 20.7 Å². The summed E-state index contributed by atoms with van der Waals surface area (Å²) in [7, 11) is 0. The molecular weight excluding hydrogens is 538 g/mol. The van der Waals surface area contributed by atoms with Crippen molar-refractivity contribution in [1.29, 1.82) is 0 Å². The number of hydrogen-bond donors (Lipinski definition) is 1. The van der Waals surface area contributed by atoms with Gasteiger partial charge in [0, 0.05) is 5.69 Å². The number of halogens is 4. The van der Waals surface area contributed by atoms with Gasteiger partial charge >= 0.3 is 5.97 Å². The summed E-state index contributed by atoms with van der Waals surface area (Å²) in [4.78, 5) is 52.4. The summed E-state index contributed by atoms with van der Waals surface area (Å²) < 4.78 is 5.18. The zero-order valence-corrected chi connectivity index (χ0v) is 22.1. The van der Waals surface area contributed by atoms with Crippen molar-refractivity contribution in [2.45, 2.75) is 39.7 Å². The van der Waals surface area contributed by atoms with Crippen LogP contribution in [0, 0.1) is 5.92 Å². The summed E-state index contributed by atoms with van der Waals surface area (Å²) in [5.41, 5.74) is 1.19. The van der Waals surface area contributed by atoms with E-state index >= 15 is 0 Å². The summed E-state index contributed by atoms with van der Waals surface area (Å²) in [6, 6.07) is 5.91. The average Bonchev–Trinajstić information content (AvgIpc) is 3.08. The van der Waals surface area contributed by atoms with Gasteiger partial charge in [-0.05, 0) is 36.5 Å². The maximum atomic E-state index is 13.2. The van der Waals surface area contributed by atoms with E-state index in [0.29, 0.717) is 5.69 Å². The normalized spacial score (nSPS) is 13.8. The fraction of sp³-hybridized carbons (Fsp3) is 0.333. The Hall–Kier alpha value is -2.32. The molecule has 0 saturated carbocycles. The van der Waals surface area contributed by atoms with Crippen LogP contribution in [0.4, 0.5) is 5.69 Å². The molecule has 186 valence electrons. The first-order valence-corrected chi connectivity index (χ1v) is 12.3. The van der Waals surface area contributed by atoms with Crippen molar-refractivity contribution in [2.75, 3.05) is 11.9 Å². The highest BCUT2D eigenvalue weighted by Crippen LogP contribution is 2.45. The van der Waals surface area contributed by atoms with Gasteiger partial charge in [-0.2, -0.15) is 0 Å². The summed E-state index contributed by atoms with van der Waals surface area (Å²) in [6.45, 7) is 5.02. The van der Waals surface area contributed by atoms with Crippen molar-refractivity contribution in [1.82, 2.24) is 4.90 Å². The monoisotopic (exact) mass is 558 g/mol. The van der Waals surface area contributed by atoms with Gasteiger partial charge in [0.1, 0.15) is 6.04 Å². The van der Waals surface area contributed by atoms with Crippen LogP contribution < -0.4 is 5.32 Å². The number of nitrogens with zero attached hydrogens (tertiary/aromatic N) is 1. The second kappa shape index (κ2) is 11.2. The van der Waals surface area contributed by atoms with Crippen LogP contribution in [0.3, 0.4) is 0 Å². The summed E-state index contributed by atoms with van der Waals surface area (Å²) in [6.07, 6.45) is 0.941. The first kappa shape index (κ1) is 27.3. The largest absolute Gasteiger partial charge is 0.454 e. The predicted octanol–water partition coefficient (Wildman–Crippen LogP) is 6.06. The van der Waals surface area contributed by atoms with Crippen molar-refractivity contribution in [3.05, 3.63) is 61.0 Å². The lowest BCUT2D eigenvalue weighted by molar-refractivity contribution is -0.151. The van der Waals surface area contributed by atoms with Crippen LogP contribution in [0.1, 0.15) is 53.5 Å². The van der Waals surface area contributed by atoms with Crippen LogP contribution in [-0.4, -0.2) is 41.2 Å². The molecule has 2 aromatic rings. The Labute approximate surface area is 222 Å². The number of rotatable bonds is 8. The quantitative estimate of drug-likeness (QED) is 0.184. The van der Waals surface area contributed by atoms with E-state index < -0.39 is 36.3 Å². The first-order valence-electron chi connectivity index (χ1n) is 10.8. The Morgan fingerprint density at radius 2 is 1.43 bits per heavy atom. The van der Waals surface area contributed by atoms with Gasteiger partial charge < -0.3 is 10.1 Å². The topological polar surface area (TPSA) is 92.8 Å². The highest BCUT2D eigenvalue weighted by molar-refractivity contribution is 6.55. The third-order valence-electron chi connectivity index (χ3n) is 5.40. The summed E-state index contributed by atoms with van der Waals surface area (Å²) >= 11 is 24.5. The molecule has 0 aliphatic carbocycles. The number of imide groups is 1. The Morgan fingerprint density at radius 1 is 0.914 bits per heavy atom. The third kappa shape index (κ3) is 5.59. The Bertz CT molecular complexity index is 1150. The van der Waals surface area contributed by atoms with E-state index in [1.807, 2.05) is 19.1 Å². The van der Waals surface area contributed by atoms with Gasteiger partial charge in [-0.15, -0.1) is 0 Å². The molecule has 1 N–H and O–H groups in total. The van der Waals surface area contributed by atoms with Gasteiger partial charge in [0.2, 0.25) is 0 Å². The molecule has 7 nitrogen and oxygen atoms in total. The molecule has 3 amide bonds. The SMILES string of the molecule is CCc1ccc(NC(=O)COC(=O)[C@H](CC(C)C)N2C(=O)c3c(Cl)c(Cl)c(Cl)c(Cl)c3C2=O)cc1. The first-order chi connectivity index (χ1) is 16.5. The van der Waals surface area contributed by atoms with Crippen LogP contribution in [0.5, 0.6) is 0 Å². The molecule has 0 bridgehead atoms. The van der Waals surface area contributed by atoms with Crippen LogP contribution >= 0.6 is 46.4 Å². The van der Waals surface area contributed by atoms with Gasteiger partial charge in [0.15, 0.2) is 6.61 Å². The number of fused-ring (bicyclic) bond motifs is 1. The molecule has 1 aliphatic heterocycles. The number of esters is 1. The molecule has 1 heterocycles. The number of benzene rings is 2. The minimum atomic E-state index is -1.32. The van der Waals surface area contributed by atoms with Gasteiger partial charge in [-0.3, -0.25) is 19.3 Å². The molecular formula is C24H22Cl4N2O5. The van der Waals surface area contributed by atoms with Crippen molar-refractivity contribution >= 4 is 75.8 Å². The van der Waals surface area contributed by atoms with Gasteiger partial charge in [0.05, 0.1) is 31.2 Å². The van der Waals surface area contributed by atoms with E-state index in [4.69, 9.17) is 51.1 Å². The highest BCUT2D eigenvalue weighted by atomic mass is 35.5. The van der Waals surface area contributed by atoms with E-state index in [1.54, 1.807) is 26.0 Å². The van der Waals surface area contributed by atoms with Gasteiger partial charge in [-0.25, -0.2) is 4.79 Å². The van der Waals surface area contributed by atoms with Gasteiger partial charge in [-0.1, -0.05) is 79.3 Å². The molecule has 0 aromatic heterocycles. The number of hydrogen-bond acceptors (Lipinski definition) is 5. The highest BCUT2D eigenvalue weighted by Gasteiger charge is 2.47. The van der Waals surface area contributed by atoms with E-state index in [9.17, 15) is 19.2 Å². The fourth-order valence-corrected chi connectivity index (χ4v) is 4.67. The Balaban J connectivity index is 1.79. The maximum absolute atomic E-state index is 13.2. The second-order valence-electron chi connectivity index (χ2n) is 8.34. The number of ether oxygens (including phenoxy) is 1. The number of carbonyl (C=O) groups excluding carboxylic acids is 4. The molecule has 0 radical (unpaired) electrons. The van der Waals surface area contributed by atoms with Crippen molar-refractivity contribution < 1.29 is 23.9 Å². The standard InChI is InChI=1S/C24H22Cl4N2O5/c1-4-12-5-7-13(8-6-12)29-15(31)10-35-24(34)14(9-11(2)3)30-22(32)16-17(23(30)33)19(26)21(28)20(27)18(16)25/h5-8,11,14H,4,9-10H2,1-3H3,(H,29,31)/t14-/m0/s1. The Morgan fingerprint density at radius 3 is 1.89 bits per heavy atom. The predicted molar refractivity (Wildman–Crippen MR) is 136 cm³/mol. The average molecular weight is 560 g/mol. The number of carbonyl (C=O) groups is 4. The van der Waals surface area contributed by atoms with Gasteiger partial charge in [0.25, 0.3) is 17.7 Å². The second-order valence-corrected chi connectivity index (χ2v) is 9.85. The van der Waals surface area contributed by atoms with Crippen molar-refractivity contribution in [3.63, 3.8) is 0 Å². The van der Waals surface area contributed by atoms with E-state index in [1.165, 1.54) is 0 Å².